The zero-order valence-corrected chi connectivity index (χ0v) is 19.0. The van der Waals surface area contributed by atoms with Crippen LogP contribution in [0.5, 0.6) is 0 Å². The average Bonchev–Trinajstić information content (AvgIpc) is 2.94. The number of hydrogen-bond acceptors (Lipinski definition) is 4. The topological polar surface area (TPSA) is 95.5 Å². The molecular formula is C24H34N2O4S. The highest BCUT2D eigenvalue weighted by Gasteiger charge is 2.37. The summed E-state index contributed by atoms with van der Waals surface area (Å²) in [5.74, 6) is -2.36. The predicted octanol–water partition coefficient (Wildman–Crippen LogP) is 4.91. The molecule has 0 unspecified atom stereocenters. The molecule has 4 rings (SSSR count). The maximum absolute atomic E-state index is 13.4. The van der Waals surface area contributed by atoms with Crippen LogP contribution in [0.3, 0.4) is 0 Å². The van der Waals surface area contributed by atoms with E-state index in [1.807, 2.05) is 0 Å². The van der Waals surface area contributed by atoms with Crippen LogP contribution in [-0.2, 0) is 22.4 Å². The molecule has 0 saturated heterocycles. The third-order valence-electron chi connectivity index (χ3n) is 7.25. The minimum atomic E-state index is -0.892. The van der Waals surface area contributed by atoms with E-state index >= 15 is 0 Å². The van der Waals surface area contributed by atoms with Gasteiger partial charge in [0.2, 0.25) is 5.91 Å². The Labute approximate surface area is 188 Å². The van der Waals surface area contributed by atoms with Gasteiger partial charge in [-0.2, -0.15) is 0 Å². The normalized spacial score (nSPS) is 24.6. The maximum Gasteiger partial charge on any atom is 0.307 e. The van der Waals surface area contributed by atoms with Crippen LogP contribution in [0.15, 0.2) is 0 Å². The van der Waals surface area contributed by atoms with Gasteiger partial charge in [0, 0.05) is 10.9 Å². The monoisotopic (exact) mass is 446 g/mol. The zero-order chi connectivity index (χ0) is 21.8. The highest BCUT2D eigenvalue weighted by molar-refractivity contribution is 7.17. The molecule has 1 aromatic rings. The fraction of sp³-hybridized carbons (Fsp3) is 0.708. The lowest BCUT2D eigenvalue weighted by molar-refractivity contribution is -0.147. The molecule has 7 heteroatoms. The largest absolute Gasteiger partial charge is 0.481 e. The Hall–Kier alpha value is -1.89. The van der Waals surface area contributed by atoms with E-state index in [2.05, 4.69) is 10.6 Å². The summed E-state index contributed by atoms with van der Waals surface area (Å²) in [4.78, 5) is 39.4. The Morgan fingerprint density at radius 1 is 0.806 bits per heavy atom. The van der Waals surface area contributed by atoms with E-state index < -0.39 is 17.8 Å². The number of amides is 2. The fourth-order valence-electron chi connectivity index (χ4n) is 5.52. The van der Waals surface area contributed by atoms with Crippen LogP contribution in [0.4, 0.5) is 5.00 Å². The number of fused-ring (bicyclic) bond motifs is 1. The van der Waals surface area contributed by atoms with Crippen LogP contribution in [0, 0.1) is 11.8 Å². The van der Waals surface area contributed by atoms with Gasteiger partial charge < -0.3 is 15.7 Å². The van der Waals surface area contributed by atoms with Gasteiger partial charge in [0.15, 0.2) is 0 Å². The first kappa shape index (κ1) is 22.3. The van der Waals surface area contributed by atoms with Gasteiger partial charge in [0.1, 0.15) is 5.00 Å². The Morgan fingerprint density at radius 2 is 1.45 bits per heavy atom. The summed E-state index contributed by atoms with van der Waals surface area (Å²) in [6.07, 6.45) is 13.6. The van der Waals surface area contributed by atoms with Gasteiger partial charge in [-0.3, -0.25) is 14.4 Å². The number of aliphatic carboxylic acids is 1. The molecule has 1 aromatic heterocycles. The smallest absolute Gasteiger partial charge is 0.307 e. The second kappa shape index (κ2) is 10.2. The third kappa shape index (κ3) is 5.13. The standard InChI is InChI=1S/C24H34N2O4S/c27-21(16-11-7-8-12-17(16)24(29)30)26-23-20(18-13-5-2-6-14-19(18)31-23)22(28)25-15-9-3-1-4-10-15/h15-17H,1-14H2,(H,25,28)(H,26,27)(H,29,30)/t16-,17-/m0/s1. The Kier molecular flexibility index (Phi) is 7.31. The molecule has 0 spiro atoms. The highest BCUT2D eigenvalue weighted by Crippen LogP contribution is 2.39. The lowest BCUT2D eigenvalue weighted by Gasteiger charge is -2.27. The lowest BCUT2D eigenvalue weighted by Crippen LogP contribution is -2.38. The molecule has 3 N–H and O–H groups in total. The molecule has 2 amide bonds. The van der Waals surface area contributed by atoms with Gasteiger partial charge in [0.25, 0.3) is 5.91 Å². The van der Waals surface area contributed by atoms with Gasteiger partial charge >= 0.3 is 5.97 Å². The Bertz CT molecular complexity index is 828. The van der Waals surface area contributed by atoms with E-state index in [0.717, 1.165) is 76.2 Å². The molecule has 3 aliphatic carbocycles. The van der Waals surface area contributed by atoms with E-state index in [-0.39, 0.29) is 17.9 Å². The molecule has 2 atom stereocenters. The van der Waals surface area contributed by atoms with Crippen LogP contribution in [-0.4, -0.2) is 28.9 Å². The number of carbonyl (C=O) groups excluding carboxylic acids is 2. The first-order valence-electron chi connectivity index (χ1n) is 12.0. The van der Waals surface area contributed by atoms with Crippen molar-refractivity contribution in [1.82, 2.24) is 5.32 Å². The maximum atomic E-state index is 13.4. The quantitative estimate of drug-likeness (QED) is 0.560. The first-order chi connectivity index (χ1) is 15.0. The van der Waals surface area contributed by atoms with Crippen LogP contribution in [0.2, 0.25) is 0 Å². The van der Waals surface area contributed by atoms with E-state index in [1.54, 1.807) is 0 Å². The Morgan fingerprint density at radius 3 is 2.19 bits per heavy atom. The molecule has 31 heavy (non-hydrogen) atoms. The van der Waals surface area contributed by atoms with Crippen LogP contribution in [0.25, 0.3) is 0 Å². The molecule has 0 aliphatic heterocycles. The number of rotatable bonds is 5. The summed E-state index contributed by atoms with van der Waals surface area (Å²) in [7, 11) is 0. The molecular weight excluding hydrogens is 412 g/mol. The average molecular weight is 447 g/mol. The van der Waals surface area contributed by atoms with Crippen molar-refractivity contribution in [3.05, 3.63) is 16.0 Å². The van der Waals surface area contributed by atoms with E-state index in [4.69, 9.17) is 0 Å². The Balaban J connectivity index is 1.58. The molecule has 1 heterocycles. The number of aryl methyl sites for hydroxylation is 1. The molecule has 0 aromatic carbocycles. The summed E-state index contributed by atoms with van der Waals surface area (Å²) in [5, 5.41) is 16.4. The van der Waals surface area contributed by atoms with E-state index in [1.165, 1.54) is 22.6 Å². The molecule has 170 valence electrons. The van der Waals surface area contributed by atoms with Crippen molar-refractivity contribution in [2.24, 2.45) is 11.8 Å². The third-order valence-corrected chi connectivity index (χ3v) is 8.45. The lowest BCUT2D eigenvalue weighted by atomic mass is 9.78. The van der Waals surface area contributed by atoms with Crippen LogP contribution < -0.4 is 10.6 Å². The summed E-state index contributed by atoms with van der Waals surface area (Å²) < 4.78 is 0. The number of thiophene rings is 1. The number of anilines is 1. The number of nitrogens with one attached hydrogen (secondary N) is 2. The predicted molar refractivity (Wildman–Crippen MR) is 122 cm³/mol. The number of hydrogen-bond donors (Lipinski definition) is 3. The van der Waals surface area contributed by atoms with Crippen molar-refractivity contribution in [2.75, 3.05) is 5.32 Å². The summed E-state index contributed by atoms with van der Waals surface area (Å²) >= 11 is 1.53. The molecule has 2 saturated carbocycles. The van der Waals surface area contributed by atoms with Gasteiger partial charge in [0.05, 0.1) is 17.4 Å². The summed E-state index contributed by atoms with van der Waals surface area (Å²) in [6, 6.07) is 0.209. The summed E-state index contributed by atoms with van der Waals surface area (Å²) in [6.45, 7) is 0. The van der Waals surface area contributed by atoms with E-state index in [9.17, 15) is 19.5 Å². The second-order valence-electron chi connectivity index (χ2n) is 9.40. The number of carboxylic acids is 1. The summed E-state index contributed by atoms with van der Waals surface area (Å²) in [5.41, 5.74) is 1.74. The molecule has 0 bridgehead atoms. The number of carbonyl (C=O) groups is 3. The highest BCUT2D eigenvalue weighted by atomic mass is 32.1. The molecule has 3 aliphatic rings. The van der Waals surface area contributed by atoms with Crippen molar-refractivity contribution in [3.8, 4) is 0 Å². The first-order valence-corrected chi connectivity index (χ1v) is 12.9. The van der Waals surface area contributed by atoms with E-state index in [0.29, 0.717) is 23.4 Å². The minimum Gasteiger partial charge on any atom is -0.481 e. The van der Waals surface area contributed by atoms with Crippen molar-refractivity contribution in [3.63, 3.8) is 0 Å². The zero-order valence-electron chi connectivity index (χ0n) is 18.2. The van der Waals surface area contributed by atoms with Crippen LogP contribution >= 0.6 is 11.3 Å². The minimum absolute atomic E-state index is 0.0694. The number of carboxylic acid groups (broad SMARTS) is 1. The van der Waals surface area contributed by atoms with Gasteiger partial charge in [-0.25, -0.2) is 0 Å². The fourth-order valence-corrected chi connectivity index (χ4v) is 6.81. The van der Waals surface area contributed by atoms with Crippen molar-refractivity contribution in [2.45, 2.75) is 95.9 Å². The van der Waals surface area contributed by atoms with Crippen molar-refractivity contribution >= 4 is 34.1 Å². The molecule has 0 radical (unpaired) electrons. The SMILES string of the molecule is O=C(NC1CCCCC1)c1c(NC(=O)[C@H]2CCCC[C@@H]2C(=O)O)sc2c1CCCCC2. The van der Waals surface area contributed by atoms with Gasteiger partial charge in [-0.1, -0.05) is 38.5 Å². The van der Waals surface area contributed by atoms with Crippen molar-refractivity contribution < 1.29 is 19.5 Å². The molecule has 6 nitrogen and oxygen atoms in total. The second-order valence-corrected chi connectivity index (χ2v) is 10.5. The van der Waals surface area contributed by atoms with Gasteiger partial charge in [-0.15, -0.1) is 11.3 Å². The molecule has 2 fully saturated rings. The van der Waals surface area contributed by atoms with Crippen molar-refractivity contribution in [1.29, 1.82) is 0 Å². The van der Waals surface area contributed by atoms with Crippen LogP contribution in [0.1, 0.15) is 97.8 Å². The van der Waals surface area contributed by atoms with Gasteiger partial charge in [-0.05, 0) is 56.9 Å².